The Morgan fingerprint density at radius 2 is 1.85 bits per heavy atom. The number of aryl methyl sites for hydroxylation is 2. The van der Waals surface area contributed by atoms with Crippen molar-refractivity contribution in [1.82, 2.24) is 14.6 Å². The Labute approximate surface area is 144 Å². The molecule has 0 aliphatic heterocycles. The summed E-state index contributed by atoms with van der Waals surface area (Å²) in [7, 11) is 0. The highest BCUT2D eigenvalue weighted by Crippen LogP contribution is 2.20. The lowest BCUT2D eigenvalue weighted by Crippen LogP contribution is -2.16. The maximum absolute atomic E-state index is 13.7. The molecule has 3 aromatic rings. The number of carbonyl (C=O) groups excluding carboxylic acids is 1. The maximum atomic E-state index is 13.7. The van der Waals surface area contributed by atoms with Crippen molar-refractivity contribution in [3.8, 4) is 0 Å². The van der Waals surface area contributed by atoms with Crippen LogP contribution in [0.2, 0.25) is 0 Å². The summed E-state index contributed by atoms with van der Waals surface area (Å²) in [4.78, 5) is 27.5. The first-order valence-corrected chi connectivity index (χ1v) is 7.25. The zero-order chi connectivity index (χ0) is 19.2. The largest absolute Gasteiger partial charge is 0.478 e. The van der Waals surface area contributed by atoms with Gasteiger partial charge in [-0.1, -0.05) is 0 Å². The number of amides is 1. The zero-order valence-electron chi connectivity index (χ0n) is 13.5. The normalized spacial score (nSPS) is 11.0. The molecular formula is C16H11F3N4O3. The second-order valence-electron chi connectivity index (χ2n) is 5.50. The Kier molecular flexibility index (Phi) is 4.10. The molecule has 0 aliphatic rings. The van der Waals surface area contributed by atoms with E-state index in [4.69, 9.17) is 0 Å². The van der Waals surface area contributed by atoms with E-state index in [1.807, 2.05) is 0 Å². The fourth-order valence-electron chi connectivity index (χ4n) is 2.53. The van der Waals surface area contributed by atoms with Crippen molar-refractivity contribution >= 4 is 23.5 Å². The van der Waals surface area contributed by atoms with Crippen molar-refractivity contribution in [1.29, 1.82) is 0 Å². The predicted molar refractivity (Wildman–Crippen MR) is 83.7 cm³/mol. The van der Waals surface area contributed by atoms with Gasteiger partial charge in [0.25, 0.3) is 5.91 Å². The molecule has 1 aromatic carbocycles. The number of fused-ring (bicyclic) bond motifs is 1. The third kappa shape index (κ3) is 2.75. The summed E-state index contributed by atoms with van der Waals surface area (Å²) in [6, 6.07) is 2.96. The van der Waals surface area contributed by atoms with Crippen LogP contribution in [0.25, 0.3) is 5.65 Å². The van der Waals surface area contributed by atoms with E-state index < -0.39 is 34.9 Å². The lowest BCUT2D eigenvalue weighted by Gasteiger charge is -2.04. The standard InChI is InChI=1S/C16H11F3N4O3/c1-6-5-7(2)23-13(10(6)15(25)26)20-16(22-23)21-14(24)8-3-4-9(17)12(19)11(8)18/h3-5H,1-2H3,(H,25,26)(H,21,22,24). The van der Waals surface area contributed by atoms with E-state index >= 15 is 0 Å². The van der Waals surface area contributed by atoms with E-state index in [2.05, 4.69) is 15.4 Å². The van der Waals surface area contributed by atoms with Crippen LogP contribution in [-0.4, -0.2) is 31.6 Å². The minimum absolute atomic E-state index is 0.0175. The second kappa shape index (κ2) is 6.14. The molecule has 3 rings (SSSR count). The Morgan fingerprint density at radius 3 is 2.50 bits per heavy atom. The molecule has 0 saturated carbocycles. The number of halogens is 3. The van der Waals surface area contributed by atoms with Crippen molar-refractivity contribution in [2.75, 3.05) is 5.32 Å². The van der Waals surface area contributed by atoms with Gasteiger partial charge in [0.15, 0.2) is 23.1 Å². The summed E-state index contributed by atoms with van der Waals surface area (Å²) in [5, 5.41) is 15.4. The average Bonchev–Trinajstić information content (AvgIpc) is 2.95. The van der Waals surface area contributed by atoms with Crippen molar-refractivity contribution < 1.29 is 27.9 Å². The van der Waals surface area contributed by atoms with Gasteiger partial charge in [-0.05, 0) is 37.6 Å². The van der Waals surface area contributed by atoms with Gasteiger partial charge >= 0.3 is 5.97 Å². The SMILES string of the molecule is Cc1cc(C)n2nc(NC(=O)c3ccc(F)c(F)c3F)nc2c1C(=O)O. The second-order valence-corrected chi connectivity index (χ2v) is 5.50. The van der Waals surface area contributed by atoms with Crippen molar-refractivity contribution in [3.05, 3.63) is 58.0 Å². The number of carbonyl (C=O) groups is 2. The first-order chi connectivity index (χ1) is 12.2. The number of benzene rings is 1. The van der Waals surface area contributed by atoms with Gasteiger partial charge < -0.3 is 5.11 Å². The van der Waals surface area contributed by atoms with Gasteiger partial charge in [0.05, 0.1) is 5.56 Å². The van der Waals surface area contributed by atoms with Crippen LogP contribution in [-0.2, 0) is 0 Å². The van der Waals surface area contributed by atoms with E-state index in [-0.39, 0.29) is 17.2 Å². The summed E-state index contributed by atoms with van der Waals surface area (Å²) < 4.78 is 41.1. The van der Waals surface area contributed by atoms with E-state index in [1.54, 1.807) is 19.9 Å². The minimum Gasteiger partial charge on any atom is -0.478 e. The first-order valence-electron chi connectivity index (χ1n) is 7.25. The number of carboxylic acid groups (broad SMARTS) is 1. The number of nitrogens with zero attached hydrogens (tertiary/aromatic N) is 3. The smallest absolute Gasteiger partial charge is 0.339 e. The van der Waals surface area contributed by atoms with Gasteiger partial charge in [-0.25, -0.2) is 22.5 Å². The van der Waals surface area contributed by atoms with Crippen LogP contribution in [0.5, 0.6) is 0 Å². The molecule has 0 aliphatic carbocycles. The number of pyridine rings is 1. The average molecular weight is 364 g/mol. The molecule has 0 fully saturated rings. The molecule has 7 nitrogen and oxygen atoms in total. The Balaban J connectivity index is 2.04. The molecule has 0 saturated heterocycles. The molecule has 0 radical (unpaired) electrons. The number of hydrogen-bond acceptors (Lipinski definition) is 4. The van der Waals surface area contributed by atoms with Crippen LogP contribution in [0.4, 0.5) is 19.1 Å². The number of hydrogen-bond donors (Lipinski definition) is 2. The number of rotatable bonds is 3. The van der Waals surface area contributed by atoms with Gasteiger partial charge in [-0.3, -0.25) is 10.1 Å². The monoisotopic (exact) mass is 364 g/mol. The highest BCUT2D eigenvalue weighted by atomic mass is 19.2. The molecule has 0 spiro atoms. The summed E-state index contributed by atoms with van der Waals surface area (Å²) >= 11 is 0. The number of carboxylic acids is 1. The maximum Gasteiger partial charge on any atom is 0.339 e. The molecule has 0 unspecified atom stereocenters. The lowest BCUT2D eigenvalue weighted by molar-refractivity contribution is 0.0697. The molecule has 10 heteroatoms. The highest BCUT2D eigenvalue weighted by Gasteiger charge is 2.22. The minimum atomic E-state index is -1.78. The predicted octanol–water partition coefficient (Wildman–Crippen LogP) is 2.71. The number of nitrogens with one attached hydrogen (secondary N) is 1. The van der Waals surface area contributed by atoms with Gasteiger partial charge in [0.1, 0.15) is 5.56 Å². The van der Waals surface area contributed by atoms with Gasteiger partial charge in [0.2, 0.25) is 5.95 Å². The van der Waals surface area contributed by atoms with Gasteiger partial charge in [-0.2, -0.15) is 4.98 Å². The van der Waals surface area contributed by atoms with E-state index in [9.17, 15) is 27.9 Å². The molecule has 2 N–H and O–H groups in total. The summed E-state index contributed by atoms with van der Waals surface area (Å²) in [5.41, 5.74) is 0.127. The molecule has 26 heavy (non-hydrogen) atoms. The summed E-state index contributed by atoms with van der Waals surface area (Å²) in [6.07, 6.45) is 0. The summed E-state index contributed by atoms with van der Waals surface area (Å²) in [5.74, 6) is -7.50. The van der Waals surface area contributed by atoms with Crippen LogP contribution in [0.3, 0.4) is 0 Å². The van der Waals surface area contributed by atoms with Crippen LogP contribution in [0, 0.1) is 31.3 Å². The number of anilines is 1. The Morgan fingerprint density at radius 1 is 1.15 bits per heavy atom. The Bertz CT molecular complexity index is 1080. The fraction of sp³-hybridized carbons (Fsp3) is 0.125. The third-order valence-electron chi connectivity index (χ3n) is 3.70. The number of aromatic carboxylic acids is 1. The quantitative estimate of drug-likeness (QED) is 0.697. The highest BCUT2D eigenvalue weighted by molar-refractivity contribution is 6.04. The molecule has 1 amide bonds. The van der Waals surface area contributed by atoms with Crippen LogP contribution >= 0.6 is 0 Å². The molecule has 0 bridgehead atoms. The van der Waals surface area contributed by atoms with Crippen molar-refractivity contribution in [3.63, 3.8) is 0 Å². The van der Waals surface area contributed by atoms with Gasteiger partial charge in [-0.15, -0.1) is 5.10 Å². The van der Waals surface area contributed by atoms with Crippen LogP contribution in [0.15, 0.2) is 18.2 Å². The third-order valence-corrected chi connectivity index (χ3v) is 3.70. The Hall–Kier alpha value is -3.43. The van der Waals surface area contributed by atoms with Crippen LogP contribution < -0.4 is 5.32 Å². The molecule has 2 heterocycles. The fourth-order valence-corrected chi connectivity index (χ4v) is 2.53. The molecule has 2 aromatic heterocycles. The molecular weight excluding hydrogens is 353 g/mol. The zero-order valence-corrected chi connectivity index (χ0v) is 13.5. The number of aromatic nitrogens is 3. The first kappa shape index (κ1) is 17.4. The van der Waals surface area contributed by atoms with Crippen molar-refractivity contribution in [2.45, 2.75) is 13.8 Å². The summed E-state index contributed by atoms with van der Waals surface area (Å²) in [6.45, 7) is 3.24. The topological polar surface area (TPSA) is 96.6 Å². The lowest BCUT2D eigenvalue weighted by atomic mass is 10.1. The van der Waals surface area contributed by atoms with Crippen molar-refractivity contribution in [2.24, 2.45) is 0 Å². The van der Waals surface area contributed by atoms with E-state index in [0.717, 1.165) is 6.07 Å². The van der Waals surface area contributed by atoms with E-state index in [0.29, 0.717) is 17.3 Å². The van der Waals surface area contributed by atoms with Gasteiger partial charge in [0, 0.05) is 5.69 Å². The van der Waals surface area contributed by atoms with Crippen LogP contribution in [0.1, 0.15) is 32.0 Å². The molecule has 134 valence electrons. The van der Waals surface area contributed by atoms with E-state index in [1.165, 1.54) is 4.52 Å². The molecule has 0 atom stereocenters.